The summed E-state index contributed by atoms with van der Waals surface area (Å²) < 4.78 is -1.23. The predicted octanol–water partition coefficient (Wildman–Crippen LogP) is 4.99. The second-order valence-electron chi connectivity index (χ2n) is 3.51. The number of rotatable bonds is 1. The Morgan fingerprint density at radius 3 is 2.25 bits per heavy atom. The van der Waals surface area contributed by atoms with Crippen LogP contribution in [0.3, 0.4) is 0 Å². The number of hydrogen-bond acceptors (Lipinski definition) is 0. The third kappa shape index (κ3) is 2.26. The van der Waals surface area contributed by atoms with E-state index in [0.717, 1.165) is 11.1 Å². The molecule has 0 N–H and O–H groups in total. The van der Waals surface area contributed by atoms with E-state index in [9.17, 15) is 0 Å². The normalized spacial score (nSPS) is 23.6. The molecule has 0 aliphatic heterocycles. The molecular weight excluding hydrogens is 286 g/mol. The molecule has 1 unspecified atom stereocenters. The van der Waals surface area contributed by atoms with Gasteiger partial charge in [-0.2, -0.15) is 0 Å². The Bertz CT molecular complexity index is 445. The molecule has 0 aromatic heterocycles. The van der Waals surface area contributed by atoms with Crippen molar-refractivity contribution in [3.63, 3.8) is 0 Å². The quantitative estimate of drug-likeness (QED) is 0.640. The van der Waals surface area contributed by atoms with Gasteiger partial charge in [-0.15, -0.1) is 11.6 Å². The van der Waals surface area contributed by atoms with Gasteiger partial charge in [0.05, 0.1) is 10.4 Å². The van der Waals surface area contributed by atoms with Gasteiger partial charge in [0.15, 0.2) is 4.33 Å². The van der Waals surface area contributed by atoms with Gasteiger partial charge in [0.2, 0.25) is 0 Å². The summed E-state index contributed by atoms with van der Waals surface area (Å²) in [5.74, 6) is 0. The van der Waals surface area contributed by atoms with Crippen LogP contribution in [-0.2, 0) is 0 Å². The van der Waals surface area contributed by atoms with Gasteiger partial charge in [0, 0.05) is 0 Å². The van der Waals surface area contributed by atoms with E-state index in [1.807, 2.05) is 36.4 Å². The minimum atomic E-state index is -1.23. The lowest BCUT2D eigenvalue weighted by atomic mass is 9.99. The molecule has 1 aromatic rings. The molecule has 1 aromatic carbocycles. The first-order chi connectivity index (χ1) is 7.51. The molecule has 0 heterocycles. The van der Waals surface area contributed by atoms with Crippen molar-refractivity contribution in [2.75, 3.05) is 0 Å². The highest BCUT2D eigenvalue weighted by atomic mass is 35.5. The molecule has 2 rings (SSSR count). The topological polar surface area (TPSA) is 0 Å². The highest BCUT2D eigenvalue weighted by Gasteiger charge is 2.38. The molecule has 0 saturated carbocycles. The van der Waals surface area contributed by atoms with Gasteiger partial charge in [-0.1, -0.05) is 71.2 Å². The zero-order valence-electron chi connectivity index (χ0n) is 8.13. The summed E-state index contributed by atoms with van der Waals surface area (Å²) in [6, 6.07) is 9.80. The molecule has 1 aliphatic carbocycles. The van der Waals surface area contributed by atoms with Gasteiger partial charge in [0.25, 0.3) is 0 Å². The Balaban J connectivity index is 2.41. The van der Waals surface area contributed by atoms with Crippen molar-refractivity contribution in [1.82, 2.24) is 0 Å². The Morgan fingerprint density at radius 2 is 1.69 bits per heavy atom. The molecule has 0 radical (unpaired) electrons. The summed E-state index contributed by atoms with van der Waals surface area (Å²) in [5, 5.41) is -0.194. The highest BCUT2D eigenvalue weighted by molar-refractivity contribution is 6.60. The lowest BCUT2D eigenvalue weighted by Gasteiger charge is -2.27. The fourth-order valence-corrected chi connectivity index (χ4v) is 2.26. The monoisotopic (exact) mass is 292 g/mol. The van der Waals surface area contributed by atoms with Gasteiger partial charge in [-0.3, -0.25) is 0 Å². The number of allylic oxidation sites excluding steroid dienone is 4. The molecule has 4 heteroatoms. The average Bonchev–Trinajstić information content (AvgIpc) is 2.27. The Kier molecular flexibility index (Phi) is 3.56. The molecule has 0 nitrogen and oxygen atoms in total. The molecule has 1 aliphatic rings. The Labute approximate surface area is 114 Å². The van der Waals surface area contributed by atoms with Crippen LogP contribution in [0.1, 0.15) is 5.56 Å². The van der Waals surface area contributed by atoms with Crippen molar-refractivity contribution >= 4 is 52.0 Å². The van der Waals surface area contributed by atoms with Crippen molar-refractivity contribution in [1.29, 1.82) is 0 Å². The molecule has 1 atom stereocenters. The molecule has 0 bridgehead atoms. The van der Waals surface area contributed by atoms with E-state index in [4.69, 9.17) is 46.4 Å². The summed E-state index contributed by atoms with van der Waals surface area (Å²) in [7, 11) is 0. The van der Waals surface area contributed by atoms with E-state index in [-0.39, 0.29) is 0 Å². The van der Waals surface area contributed by atoms with Crippen LogP contribution in [0.4, 0.5) is 0 Å². The predicted molar refractivity (Wildman–Crippen MR) is 72.4 cm³/mol. The largest absolute Gasteiger partial charge is 0.173 e. The zero-order chi connectivity index (χ0) is 11.8. The van der Waals surface area contributed by atoms with Crippen LogP contribution in [0.5, 0.6) is 0 Å². The maximum absolute atomic E-state index is 6.08. The van der Waals surface area contributed by atoms with Crippen molar-refractivity contribution in [3.05, 3.63) is 53.1 Å². The van der Waals surface area contributed by atoms with Gasteiger partial charge in [-0.25, -0.2) is 0 Å². The average molecular weight is 294 g/mol. The van der Waals surface area contributed by atoms with E-state index < -0.39 is 9.71 Å². The lowest BCUT2D eigenvalue weighted by Crippen LogP contribution is -2.28. The van der Waals surface area contributed by atoms with Gasteiger partial charge in [-0.05, 0) is 17.2 Å². The second-order valence-corrected chi connectivity index (χ2v) is 5.77. The van der Waals surface area contributed by atoms with Crippen LogP contribution in [0.25, 0.3) is 5.57 Å². The van der Waals surface area contributed by atoms with Crippen LogP contribution in [0, 0.1) is 0 Å². The minimum Gasteiger partial charge on any atom is -0.115 e. The van der Waals surface area contributed by atoms with E-state index in [1.165, 1.54) is 0 Å². The standard InChI is InChI=1S/C12H8Cl4/c13-10-6-9(7-11(14)12(10,15)16)8-4-2-1-3-5-8/h1-7,10H. The SMILES string of the molecule is ClC1=CC(c2ccccc2)=CC(Cl)C1(Cl)Cl. The van der Waals surface area contributed by atoms with Crippen LogP contribution in [0.15, 0.2) is 47.5 Å². The third-order valence-electron chi connectivity index (χ3n) is 2.38. The molecule has 0 fully saturated rings. The zero-order valence-corrected chi connectivity index (χ0v) is 11.2. The first kappa shape index (κ1) is 12.3. The summed E-state index contributed by atoms with van der Waals surface area (Å²) in [5.41, 5.74) is 1.97. The number of hydrogen-bond donors (Lipinski definition) is 0. The van der Waals surface area contributed by atoms with E-state index in [0.29, 0.717) is 5.03 Å². The maximum Gasteiger partial charge on any atom is 0.173 e. The highest BCUT2D eigenvalue weighted by Crippen LogP contribution is 2.44. The Hall–Kier alpha value is -0.140. The van der Waals surface area contributed by atoms with Crippen LogP contribution >= 0.6 is 46.4 Å². The molecule has 84 valence electrons. The van der Waals surface area contributed by atoms with Crippen LogP contribution < -0.4 is 0 Å². The van der Waals surface area contributed by atoms with E-state index in [2.05, 4.69) is 0 Å². The van der Waals surface area contributed by atoms with Crippen molar-refractivity contribution in [3.8, 4) is 0 Å². The van der Waals surface area contributed by atoms with Crippen molar-refractivity contribution in [2.24, 2.45) is 0 Å². The number of benzene rings is 1. The van der Waals surface area contributed by atoms with E-state index >= 15 is 0 Å². The van der Waals surface area contributed by atoms with Crippen molar-refractivity contribution in [2.45, 2.75) is 9.71 Å². The third-order valence-corrected chi connectivity index (χ3v) is 4.53. The fraction of sp³-hybridized carbons (Fsp3) is 0.167. The first-order valence-electron chi connectivity index (χ1n) is 4.68. The Morgan fingerprint density at radius 1 is 1.06 bits per heavy atom. The summed E-state index contributed by atoms with van der Waals surface area (Å²) in [4.78, 5) is 0. The van der Waals surface area contributed by atoms with Crippen LogP contribution in [0.2, 0.25) is 0 Å². The molecular formula is C12H8Cl4. The lowest BCUT2D eigenvalue weighted by molar-refractivity contribution is 0.955. The van der Waals surface area contributed by atoms with Crippen molar-refractivity contribution < 1.29 is 0 Å². The molecule has 0 saturated heterocycles. The van der Waals surface area contributed by atoms with Gasteiger partial charge >= 0.3 is 0 Å². The number of alkyl halides is 3. The second kappa shape index (κ2) is 4.62. The maximum atomic E-state index is 6.08. The smallest absolute Gasteiger partial charge is 0.115 e. The van der Waals surface area contributed by atoms with Gasteiger partial charge < -0.3 is 0 Å². The van der Waals surface area contributed by atoms with Crippen LogP contribution in [-0.4, -0.2) is 9.71 Å². The summed E-state index contributed by atoms with van der Waals surface area (Å²) in [6.07, 6.45) is 3.55. The van der Waals surface area contributed by atoms with E-state index in [1.54, 1.807) is 6.08 Å². The molecule has 0 spiro atoms. The summed E-state index contributed by atoms with van der Waals surface area (Å²) in [6.45, 7) is 0. The molecule has 16 heavy (non-hydrogen) atoms. The van der Waals surface area contributed by atoms with Gasteiger partial charge in [0.1, 0.15) is 0 Å². The minimum absolute atomic E-state index is 0.345. The number of halogens is 4. The summed E-state index contributed by atoms with van der Waals surface area (Å²) >= 11 is 24.1. The fourth-order valence-electron chi connectivity index (χ4n) is 1.49. The molecule has 0 amide bonds. The first-order valence-corrected chi connectivity index (χ1v) is 6.25.